The van der Waals surface area contributed by atoms with Gasteiger partial charge in [0.15, 0.2) is 0 Å². The summed E-state index contributed by atoms with van der Waals surface area (Å²) in [5.74, 6) is 0. The summed E-state index contributed by atoms with van der Waals surface area (Å²) in [6.07, 6.45) is -0.425. The number of amides is 1. The van der Waals surface area contributed by atoms with E-state index in [0.717, 1.165) is 11.3 Å². The summed E-state index contributed by atoms with van der Waals surface area (Å²) in [6.45, 7) is 1.88. The van der Waals surface area contributed by atoms with Crippen LogP contribution < -0.4 is 4.90 Å². The molecule has 0 N–H and O–H groups in total. The maximum Gasteiger partial charge on any atom is 0.414 e. The summed E-state index contributed by atoms with van der Waals surface area (Å²) >= 11 is 0. The van der Waals surface area contributed by atoms with Crippen molar-refractivity contribution in [1.82, 2.24) is 0 Å². The third-order valence-corrected chi connectivity index (χ3v) is 2.29. The van der Waals surface area contributed by atoms with Crippen LogP contribution in [-0.4, -0.2) is 13.1 Å². The molecule has 1 aromatic rings. The highest BCUT2D eigenvalue weighted by Gasteiger charge is 2.26. The van der Waals surface area contributed by atoms with E-state index in [4.69, 9.17) is 4.74 Å². The Hall–Kier alpha value is -1.51. The number of benzene rings is 1. The molecule has 13 heavy (non-hydrogen) atoms. The van der Waals surface area contributed by atoms with Crippen LogP contribution in [0.3, 0.4) is 0 Å². The Bertz CT molecular complexity index is 349. The largest absolute Gasteiger partial charge is 0.441 e. The third kappa shape index (κ3) is 1.16. The average molecular weight is 177 g/mol. The Morgan fingerprint density at radius 2 is 2.08 bits per heavy atom. The summed E-state index contributed by atoms with van der Waals surface area (Å²) in [5, 5.41) is 0. The minimum absolute atomic E-state index is 0.139. The summed E-state index contributed by atoms with van der Waals surface area (Å²) in [5.41, 5.74) is 2.00. The minimum atomic E-state index is -0.286. The first kappa shape index (κ1) is 8.10. The lowest BCUT2D eigenvalue weighted by Gasteiger charge is -2.29. The summed E-state index contributed by atoms with van der Waals surface area (Å²) in [6, 6.07) is 7.76. The van der Waals surface area contributed by atoms with Crippen LogP contribution in [0.1, 0.15) is 18.6 Å². The first-order valence-electron chi connectivity index (χ1n) is 4.23. The number of carbonyl (C=O) groups excluding carboxylic acids is 1. The molecule has 1 aliphatic rings. The molecule has 0 saturated heterocycles. The Labute approximate surface area is 76.9 Å². The minimum Gasteiger partial charge on any atom is -0.441 e. The standard InChI is InChI=1S/C10H11NO2/c1-7-8-5-3-4-6-9(8)11(2)10(12)13-7/h3-7H,1-2H3. The second-order valence-corrected chi connectivity index (χ2v) is 3.14. The number of carbonyl (C=O) groups is 1. The van der Waals surface area contributed by atoms with Crippen LogP contribution in [-0.2, 0) is 4.74 Å². The van der Waals surface area contributed by atoms with Gasteiger partial charge in [-0.25, -0.2) is 4.79 Å². The van der Waals surface area contributed by atoms with Crippen molar-refractivity contribution in [2.75, 3.05) is 11.9 Å². The van der Waals surface area contributed by atoms with E-state index in [9.17, 15) is 4.79 Å². The molecule has 0 bridgehead atoms. The highest BCUT2D eigenvalue weighted by atomic mass is 16.6. The molecule has 1 aromatic carbocycles. The number of nitrogens with zero attached hydrogens (tertiary/aromatic N) is 1. The molecule has 1 unspecified atom stereocenters. The molecule has 2 rings (SSSR count). The molecular weight excluding hydrogens is 166 g/mol. The van der Waals surface area contributed by atoms with Crippen molar-refractivity contribution in [3.63, 3.8) is 0 Å². The normalized spacial score (nSPS) is 20.9. The molecule has 0 fully saturated rings. The van der Waals surface area contributed by atoms with Gasteiger partial charge in [-0.1, -0.05) is 18.2 Å². The first-order chi connectivity index (χ1) is 6.20. The molecule has 68 valence electrons. The lowest BCUT2D eigenvalue weighted by molar-refractivity contribution is 0.109. The Balaban J connectivity index is 2.53. The number of anilines is 1. The predicted octanol–water partition coefficient (Wildman–Crippen LogP) is 2.33. The van der Waals surface area contributed by atoms with Gasteiger partial charge in [-0.05, 0) is 13.0 Å². The van der Waals surface area contributed by atoms with Crippen LogP contribution >= 0.6 is 0 Å². The zero-order chi connectivity index (χ0) is 9.42. The zero-order valence-corrected chi connectivity index (χ0v) is 7.65. The van der Waals surface area contributed by atoms with E-state index in [-0.39, 0.29) is 12.2 Å². The molecule has 0 aliphatic carbocycles. The van der Waals surface area contributed by atoms with Crippen molar-refractivity contribution in [1.29, 1.82) is 0 Å². The van der Waals surface area contributed by atoms with Crippen LogP contribution in [0.4, 0.5) is 10.5 Å². The predicted molar refractivity (Wildman–Crippen MR) is 49.7 cm³/mol. The Morgan fingerprint density at radius 1 is 1.38 bits per heavy atom. The van der Waals surface area contributed by atoms with Gasteiger partial charge in [0.2, 0.25) is 0 Å². The highest BCUT2D eigenvalue weighted by Crippen LogP contribution is 2.32. The van der Waals surface area contributed by atoms with E-state index in [1.165, 1.54) is 4.90 Å². The van der Waals surface area contributed by atoms with Crippen molar-refractivity contribution in [3.8, 4) is 0 Å². The number of hydrogen-bond acceptors (Lipinski definition) is 2. The molecule has 1 aliphatic heterocycles. The quantitative estimate of drug-likeness (QED) is 0.608. The smallest absolute Gasteiger partial charge is 0.414 e. The van der Waals surface area contributed by atoms with Crippen LogP contribution in [0.5, 0.6) is 0 Å². The second-order valence-electron chi connectivity index (χ2n) is 3.14. The fourth-order valence-electron chi connectivity index (χ4n) is 1.53. The van der Waals surface area contributed by atoms with Gasteiger partial charge >= 0.3 is 6.09 Å². The molecule has 3 heteroatoms. The molecule has 0 spiro atoms. The first-order valence-corrected chi connectivity index (χ1v) is 4.23. The van der Waals surface area contributed by atoms with Crippen molar-refractivity contribution in [3.05, 3.63) is 29.8 Å². The van der Waals surface area contributed by atoms with E-state index in [1.54, 1.807) is 7.05 Å². The van der Waals surface area contributed by atoms with E-state index in [0.29, 0.717) is 0 Å². The summed E-state index contributed by atoms with van der Waals surface area (Å²) in [4.78, 5) is 12.8. The van der Waals surface area contributed by atoms with E-state index >= 15 is 0 Å². The van der Waals surface area contributed by atoms with Crippen molar-refractivity contribution in [2.45, 2.75) is 13.0 Å². The fourth-order valence-corrected chi connectivity index (χ4v) is 1.53. The molecule has 1 heterocycles. The van der Waals surface area contributed by atoms with E-state index in [1.807, 2.05) is 31.2 Å². The molecule has 1 amide bonds. The molecule has 0 radical (unpaired) electrons. The number of para-hydroxylation sites is 1. The maximum absolute atomic E-state index is 11.3. The van der Waals surface area contributed by atoms with Gasteiger partial charge in [0, 0.05) is 12.6 Å². The fraction of sp³-hybridized carbons (Fsp3) is 0.300. The van der Waals surface area contributed by atoms with Gasteiger partial charge in [-0.15, -0.1) is 0 Å². The van der Waals surface area contributed by atoms with E-state index < -0.39 is 0 Å². The third-order valence-electron chi connectivity index (χ3n) is 2.29. The van der Waals surface area contributed by atoms with Gasteiger partial charge in [0.25, 0.3) is 0 Å². The molecule has 0 aromatic heterocycles. The number of cyclic esters (lactones) is 1. The molecule has 0 saturated carbocycles. The lowest BCUT2D eigenvalue weighted by Crippen LogP contribution is -2.33. The number of rotatable bonds is 0. The van der Waals surface area contributed by atoms with Gasteiger partial charge in [0.05, 0.1) is 5.69 Å². The maximum atomic E-state index is 11.3. The van der Waals surface area contributed by atoms with Crippen LogP contribution in [0.2, 0.25) is 0 Å². The van der Waals surface area contributed by atoms with Crippen LogP contribution in [0.15, 0.2) is 24.3 Å². The van der Waals surface area contributed by atoms with Gasteiger partial charge in [0.1, 0.15) is 6.10 Å². The van der Waals surface area contributed by atoms with Gasteiger partial charge in [-0.2, -0.15) is 0 Å². The zero-order valence-electron chi connectivity index (χ0n) is 7.65. The topological polar surface area (TPSA) is 29.5 Å². The number of ether oxygens (including phenoxy) is 1. The van der Waals surface area contributed by atoms with Crippen molar-refractivity contribution >= 4 is 11.8 Å². The number of hydrogen-bond donors (Lipinski definition) is 0. The van der Waals surface area contributed by atoms with Gasteiger partial charge in [-0.3, -0.25) is 4.90 Å². The average Bonchev–Trinajstić information content (AvgIpc) is 2.15. The Kier molecular flexibility index (Phi) is 1.72. The monoisotopic (exact) mass is 177 g/mol. The van der Waals surface area contributed by atoms with Crippen LogP contribution in [0.25, 0.3) is 0 Å². The second kappa shape index (κ2) is 2.76. The van der Waals surface area contributed by atoms with E-state index in [2.05, 4.69) is 0 Å². The highest BCUT2D eigenvalue weighted by molar-refractivity contribution is 5.90. The van der Waals surface area contributed by atoms with Gasteiger partial charge < -0.3 is 4.74 Å². The summed E-state index contributed by atoms with van der Waals surface area (Å²) < 4.78 is 5.11. The Morgan fingerprint density at radius 3 is 2.85 bits per heavy atom. The molecule has 3 nitrogen and oxygen atoms in total. The SMILES string of the molecule is CC1OC(=O)N(C)c2ccccc21. The lowest BCUT2D eigenvalue weighted by atomic mass is 10.1. The van der Waals surface area contributed by atoms with Crippen molar-refractivity contribution in [2.24, 2.45) is 0 Å². The summed E-state index contributed by atoms with van der Waals surface area (Å²) in [7, 11) is 1.72. The molecule has 1 atom stereocenters. The number of fused-ring (bicyclic) bond motifs is 1. The van der Waals surface area contributed by atoms with Crippen LogP contribution in [0, 0.1) is 0 Å². The molecular formula is C10H11NO2. The van der Waals surface area contributed by atoms with Crippen molar-refractivity contribution < 1.29 is 9.53 Å².